The van der Waals surface area contributed by atoms with Gasteiger partial charge in [-0.25, -0.2) is 9.59 Å². The third kappa shape index (κ3) is 34.5. The molecule has 0 unspecified atom stereocenters. The van der Waals surface area contributed by atoms with E-state index in [9.17, 15) is 33.6 Å². The summed E-state index contributed by atoms with van der Waals surface area (Å²) in [6.07, 6.45) is -2.90. The average molecular weight is 1990 g/mol. The molecule has 0 spiro atoms. The number of primary amides is 1. The summed E-state index contributed by atoms with van der Waals surface area (Å²) in [5.74, 6) is -11.0. The van der Waals surface area contributed by atoms with Crippen LogP contribution in [0.1, 0.15) is 170 Å². The van der Waals surface area contributed by atoms with Gasteiger partial charge in [-0.1, -0.05) is 238 Å². The van der Waals surface area contributed by atoms with Gasteiger partial charge in [0.25, 0.3) is 0 Å². The molecule has 0 aliphatic carbocycles. The average Bonchev–Trinajstić information content (AvgIpc) is 1.68. The van der Waals surface area contributed by atoms with Crippen molar-refractivity contribution in [3.63, 3.8) is 0 Å². The smallest absolute Gasteiger partial charge is 0.408 e. The summed E-state index contributed by atoms with van der Waals surface area (Å²) < 4.78 is 34.7. The number of nitrogens with one attached hydrogen (secondary N) is 8. The number of halogens is 4. The van der Waals surface area contributed by atoms with Crippen LogP contribution in [0.4, 0.5) is 4.79 Å². The van der Waals surface area contributed by atoms with E-state index in [1.165, 1.54) is 9.80 Å². The van der Waals surface area contributed by atoms with Gasteiger partial charge in [-0.2, -0.15) is 0 Å². The number of esters is 3. The number of nitrogens with zero attached hydrogens (tertiary/aromatic N) is 2. The summed E-state index contributed by atoms with van der Waals surface area (Å²) >= 11 is 26.0. The van der Waals surface area contributed by atoms with Crippen molar-refractivity contribution in [1.82, 2.24) is 52.3 Å². The highest BCUT2D eigenvalue weighted by molar-refractivity contribution is 6.36. The molecule has 31 nitrogen and oxygen atoms in total. The van der Waals surface area contributed by atoms with Gasteiger partial charge < -0.3 is 86.5 Å². The quantitative estimate of drug-likeness (QED) is 0.0126. The molecule has 11 amide bonds. The Labute approximate surface area is 829 Å². The highest BCUT2D eigenvalue weighted by Crippen LogP contribution is 2.31. The summed E-state index contributed by atoms with van der Waals surface area (Å²) in [6, 6.07) is 43.6. The van der Waals surface area contributed by atoms with Gasteiger partial charge in [0, 0.05) is 82.8 Å². The predicted octanol–water partition coefficient (Wildman–Crippen LogP) is 12.9. The minimum absolute atomic E-state index is 0.00859. The number of nitrogens with two attached hydrogens (primary N) is 1. The first-order valence-corrected chi connectivity index (χ1v) is 48.0. The molecule has 0 radical (unpaired) electrons. The Balaban J connectivity index is 0.938. The third-order valence-electron chi connectivity index (χ3n) is 23.5. The number of likely N-dealkylation sites (tertiary alicyclic amines) is 2. The minimum Gasteiger partial charge on any atom is -0.489 e. The van der Waals surface area contributed by atoms with Crippen LogP contribution in [0.2, 0.25) is 20.1 Å². The fraction of sp³-hybridized carbons (Fsp3) is 0.404. The monoisotopic (exact) mass is 1980 g/mol. The van der Waals surface area contributed by atoms with Crippen molar-refractivity contribution < 1.29 is 95.5 Å². The highest BCUT2D eigenvalue weighted by atomic mass is 35.5. The number of hydrogen-bond donors (Lipinski definition) is 9. The van der Waals surface area contributed by atoms with Crippen molar-refractivity contribution in [3.8, 4) is 11.5 Å². The van der Waals surface area contributed by atoms with Crippen LogP contribution in [0.25, 0.3) is 0 Å². The van der Waals surface area contributed by atoms with Crippen molar-refractivity contribution in [2.75, 3.05) is 13.1 Å². The van der Waals surface area contributed by atoms with Crippen molar-refractivity contribution in [2.45, 2.75) is 244 Å². The number of amides is 11. The zero-order chi connectivity index (χ0) is 100. The summed E-state index contributed by atoms with van der Waals surface area (Å²) in [4.78, 5) is 208. The topological polar surface area (TPSA) is 423 Å². The van der Waals surface area contributed by atoms with Gasteiger partial charge in [0.15, 0.2) is 0 Å². The van der Waals surface area contributed by atoms with E-state index in [-0.39, 0.29) is 123 Å². The summed E-state index contributed by atoms with van der Waals surface area (Å²) in [7, 11) is 0. The zero-order valence-electron chi connectivity index (χ0n) is 78.8. The number of carbonyl (C=O) groups excluding carboxylic acids is 14. The minimum atomic E-state index is -1.70. The van der Waals surface area contributed by atoms with E-state index in [0.29, 0.717) is 88.9 Å². The van der Waals surface area contributed by atoms with Crippen LogP contribution in [-0.4, -0.2) is 172 Å². The van der Waals surface area contributed by atoms with E-state index < -0.39 is 168 Å². The molecule has 2 saturated heterocycles. The largest absolute Gasteiger partial charge is 0.489 e. The highest BCUT2D eigenvalue weighted by Gasteiger charge is 2.45. The molecule has 0 bridgehead atoms. The van der Waals surface area contributed by atoms with Gasteiger partial charge in [-0.05, 0) is 166 Å². The number of benzene rings is 8. The van der Waals surface area contributed by atoms with Crippen molar-refractivity contribution in [1.29, 1.82) is 0 Å². The molecule has 2 aliphatic heterocycles. The Kier molecular flexibility index (Phi) is 41.7. The van der Waals surface area contributed by atoms with Gasteiger partial charge in [-0.15, -0.1) is 0 Å². The van der Waals surface area contributed by atoms with E-state index in [2.05, 4.69) is 42.5 Å². The van der Waals surface area contributed by atoms with E-state index in [1.54, 1.807) is 255 Å². The maximum atomic E-state index is 15.9. The van der Waals surface area contributed by atoms with Crippen LogP contribution in [0, 0.1) is 11.8 Å². The van der Waals surface area contributed by atoms with Gasteiger partial charge >= 0.3 is 24.0 Å². The first kappa shape index (κ1) is 108. The molecule has 10 N–H and O–H groups in total. The van der Waals surface area contributed by atoms with Crippen LogP contribution < -0.4 is 57.7 Å². The standard InChI is InChI=1S/C104H121Cl4N11O20/c1-8-65(4)92(117-99(129)88-38-23-53-118(88)100(130)81(49-52-91(122)137-60-70-29-17-11-18-30-70)111-97(127)86(56-66-25-13-9-14-26-66)116-103(133)139-104(5,6)7)101(131)119-54-24-37-87(119)98(128)110-80(48-51-90(121)136-59-69-27-15-10-16-28-69)93(123)114-84(57-67-39-43-72(44-40-67)134-62-74-76(105)33-21-34-77(74)106)96(126)115-85(58-68-41-45-73(46-42-68)135-63-75-78(107)35-22-36-79(75)108)95(125)113-83(55-64(2)3)94(124)112-82(47-50-89(109)120)102(132)138-61-71-31-19-12-20-32-71/h9-22,25-36,39-46,64-65,80-88,92H,8,23-24,37-38,47-63H2,1-7H3,(H2,109,120)(H,110,128)(H,111,127)(H,112,124)(H,113,125)(H,114,123)(H,115,126)(H,116,133)(H,117,129)/t65-,80-,81-,82-,83-,84-,85-,86-,87-,88-,92-/m0/s1. The van der Waals surface area contributed by atoms with Crippen LogP contribution >= 0.6 is 46.4 Å². The molecule has 11 atom stereocenters. The van der Waals surface area contributed by atoms with Crippen molar-refractivity contribution >= 4 is 129 Å². The maximum Gasteiger partial charge on any atom is 0.408 e. The number of alkyl carbamates (subject to hydrolysis) is 1. The molecule has 2 heterocycles. The van der Waals surface area contributed by atoms with E-state index in [0.717, 1.165) is 0 Å². The molecule has 2 aliphatic rings. The fourth-order valence-corrected chi connectivity index (χ4v) is 16.8. The van der Waals surface area contributed by atoms with Gasteiger partial charge in [0.2, 0.25) is 59.1 Å². The van der Waals surface area contributed by atoms with Gasteiger partial charge in [0.05, 0.1) is 0 Å². The Hall–Kier alpha value is -13.1. The summed E-state index contributed by atoms with van der Waals surface area (Å²) in [6.45, 7) is 11.5. The SMILES string of the molecule is CC[C@H](C)[C@H](NC(=O)[C@@H]1CCCN1C(=O)[C@H](CCC(=O)OCc1ccccc1)NC(=O)[C@H](Cc1ccccc1)NC(=O)OC(C)(C)C)C(=O)N1CCC[C@H]1C(=O)N[C@@H](CCC(=O)OCc1ccccc1)C(=O)N[C@@H](Cc1ccc(OCc2c(Cl)cccc2Cl)cc1)C(=O)N[C@@H](Cc1ccc(OCc2c(Cl)cccc2Cl)cc1)C(=O)N[C@@H](CC(C)C)C(=O)N[C@@H](CCC(N)=O)C(=O)OCc1ccccc1. The first-order valence-electron chi connectivity index (χ1n) is 46.5. The molecule has 0 aromatic heterocycles. The van der Waals surface area contributed by atoms with E-state index in [4.69, 9.17) is 80.6 Å². The lowest BCUT2D eigenvalue weighted by Gasteiger charge is -2.34. The van der Waals surface area contributed by atoms with Gasteiger partial charge in [0.1, 0.15) is 111 Å². The second-order valence-electron chi connectivity index (χ2n) is 35.8. The molecule has 139 heavy (non-hydrogen) atoms. The molecule has 8 aromatic carbocycles. The molecule has 35 heteroatoms. The maximum absolute atomic E-state index is 15.9. The normalized spacial score (nSPS) is 15.4. The number of hydrogen-bond acceptors (Lipinski definition) is 20. The van der Waals surface area contributed by atoms with Crippen LogP contribution in [0.5, 0.6) is 11.5 Å². The molecular weight excluding hydrogens is 1870 g/mol. The van der Waals surface area contributed by atoms with Gasteiger partial charge in [-0.3, -0.25) is 57.5 Å². The van der Waals surface area contributed by atoms with Crippen LogP contribution in [-0.2, 0) is 134 Å². The number of ether oxygens (including phenoxy) is 6. The fourth-order valence-electron chi connectivity index (χ4n) is 15.8. The van der Waals surface area contributed by atoms with Crippen molar-refractivity contribution in [2.24, 2.45) is 17.6 Å². The lowest BCUT2D eigenvalue weighted by atomic mass is 9.96. The molecule has 0 saturated carbocycles. The van der Waals surface area contributed by atoms with Crippen LogP contribution in [0.15, 0.2) is 206 Å². The molecule has 740 valence electrons. The van der Waals surface area contributed by atoms with E-state index >= 15 is 33.6 Å². The molecular formula is C104H121Cl4N11O20. The Morgan fingerprint density at radius 2 is 0.748 bits per heavy atom. The van der Waals surface area contributed by atoms with Crippen LogP contribution in [0.3, 0.4) is 0 Å². The predicted molar refractivity (Wildman–Crippen MR) is 523 cm³/mol. The Morgan fingerprint density at radius 3 is 1.17 bits per heavy atom. The van der Waals surface area contributed by atoms with E-state index in [1.807, 2.05) is 0 Å². The molecule has 2 fully saturated rings. The lowest BCUT2D eigenvalue weighted by Crippen LogP contribution is -2.61. The molecule has 10 rings (SSSR count). The first-order chi connectivity index (χ1) is 66.5. The third-order valence-corrected chi connectivity index (χ3v) is 24.9. The second-order valence-corrected chi connectivity index (χ2v) is 37.4. The number of carbonyl (C=O) groups is 14. The molecule has 8 aromatic rings. The summed E-state index contributed by atoms with van der Waals surface area (Å²) in [5, 5.41) is 23.7. The Morgan fingerprint density at radius 1 is 0.388 bits per heavy atom. The second kappa shape index (κ2) is 53.7. The summed E-state index contributed by atoms with van der Waals surface area (Å²) in [5.41, 5.74) is 9.08. The lowest BCUT2D eigenvalue weighted by molar-refractivity contribution is -0.150. The Bertz CT molecular complexity index is 5470. The zero-order valence-corrected chi connectivity index (χ0v) is 81.8. The van der Waals surface area contributed by atoms with Crippen molar-refractivity contribution in [3.05, 3.63) is 271 Å². The number of rotatable bonds is 49.